The minimum absolute atomic E-state index is 0.123. The molecule has 0 unspecified atom stereocenters. The molecule has 4 nitrogen and oxygen atoms in total. The van der Waals surface area contributed by atoms with E-state index in [9.17, 15) is 14.9 Å². The van der Waals surface area contributed by atoms with Crippen molar-refractivity contribution in [2.24, 2.45) is 5.41 Å². The number of hydrogen-bond donors (Lipinski definition) is 0. The van der Waals surface area contributed by atoms with E-state index in [1.807, 2.05) is 36.4 Å². The second-order valence-electron chi connectivity index (χ2n) is 7.31. The van der Waals surface area contributed by atoms with Crippen molar-refractivity contribution in [3.63, 3.8) is 0 Å². The molecule has 0 spiro atoms. The molecule has 27 heavy (non-hydrogen) atoms. The van der Waals surface area contributed by atoms with E-state index >= 15 is 0 Å². The fourth-order valence-electron chi connectivity index (χ4n) is 2.53. The smallest absolute Gasteiger partial charge is 0.331 e. The van der Waals surface area contributed by atoms with Gasteiger partial charge in [-0.15, -0.1) is 0 Å². The molecule has 2 rings (SSSR count). The molecule has 0 saturated heterocycles. The average molecular weight is 361 g/mol. The molecule has 2 aromatic carbocycles. The van der Waals surface area contributed by atoms with E-state index in [1.54, 1.807) is 45.0 Å². The Labute approximate surface area is 160 Å². The molecule has 0 N–H and O–H groups in total. The quantitative estimate of drug-likeness (QED) is 0.431. The molecule has 0 amide bonds. The molecule has 0 bridgehead atoms. The van der Waals surface area contributed by atoms with Crippen molar-refractivity contribution in [2.45, 2.75) is 32.8 Å². The van der Waals surface area contributed by atoms with Crippen molar-refractivity contribution in [3.05, 3.63) is 83.9 Å². The van der Waals surface area contributed by atoms with Crippen molar-refractivity contribution in [1.29, 1.82) is 5.26 Å². The van der Waals surface area contributed by atoms with Crippen LogP contribution >= 0.6 is 0 Å². The van der Waals surface area contributed by atoms with Crippen LogP contribution in [0, 0.1) is 16.7 Å². The number of rotatable bonds is 6. The zero-order valence-electron chi connectivity index (χ0n) is 15.8. The van der Waals surface area contributed by atoms with Crippen LogP contribution in [0.4, 0.5) is 0 Å². The Morgan fingerprint density at radius 3 is 2.07 bits per heavy atom. The van der Waals surface area contributed by atoms with Crippen LogP contribution in [0.3, 0.4) is 0 Å². The summed E-state index contributed by atoms with van der Waals surface area (Å²) < 4.78 is 5.48. The molecule has 4 heteroatoms. The number of benzene rings is 2. The van der Waals surface area contributed by atoms with E-state index in [2.05, 4.69) is 6.07 Å². The number of carbonyl (C=O) groups is 2. The van der Waals surface area contributed by atoms with Crippen LogP contribution in [-0.2, 0) is 16.0 Å². The van der Waals surface area contributed by atoms with E-state index < -0.39 is 17.0 Å². The Morgan fingerprint density at radius 2 is 1.56 bits per heavy atom. The van der Waals surface area contributed by atoms with Crippen LogP contribution in [0.25, 0.3) is 0 Å². The average Bonchev–Trinajstić information content (AvgIpc) is 2.65. The highest BCUT2D eigenvalue weighted by atomic mass is 16.6. The number of ether oxygens (including phenoxy) is 1. The summed E-state index contributed by atoms with van der Waals surface area (Å²) in [5.41, 5.74) is -1.03. The van der Waals surface area contributed by atoms with Crippen LogP contribution in [0.15, 0.2) is 72.8 Å². The lowest BCUT2D eigenvalue weighted by Crippen LogP contribution is -2.37. The lowest BCUT2D eigenvalue weighted by atomic mass is 9.82. The molecule has 0 saturated carbocycles. The SMILES string of the molecule is CC(C)(C)OC(=O)[C@@](C#N)(/C=C\C(=O)c1ccccc1)Cc1ccccc1. The number of allylic oxidation sites excluding steroid dienone is 1. The Morgan fingerprint density at radius 1 is 1.00 bits per heavy atom. The highest BCUT2D eigenvalue weighted by Gasteiger charge is 2.40. The third-order valence-corrected chi connectivity index (χ3v) is 3.87. The fourth-order valence-corrected chi connectivity index (χ4v) is 2.53. The normalized spacial score (nSPS) is 13.6. The van der Waals surface area contributed by atoms with E-state index in [1.165, 1.54) is 12.2 Å². The van der Waals surface area contributed by atoms with Gasteiger partial charge in [-0.2, -0.15) is 5.26 Å². The molecule has 0 aliphatic heterocycles. The Bertz CT molecular complexity index is 858. The predicted octanol–water partition coefficient (Wildman–Crippen LogP) is 4.52. The Balaban J connectivity index is 2.38. The van der Waals surface area contributed by atoms with E-state index in [-0.39, 0.29) is 12.2 Å². The monoisotopic (exact) mass is 361 g/mol. The zero-order valence-corrected chi connectivity index (χ0v) is 15.8. The molecule has 0 fully saturated rings. The zero-order chi connectivity index (χ0) is 19.9. The molecule has 0 aliphatic rings. The van der Waals surface area contributed by atoms with Crippen molar-refractivity contribution in [3.8, 4) is 6.07 Å². The van der Waals surface area contributed by atoms with Crippen LogP contribution in [0.1, 0.15) is 36.7 Å². The first-order valence-electron chi connectivity index (χ1n) is 8.73. The van der Waals surface area contributed by atoms with Crippen molar-refractivity contribution < 1.29 is 14.3 Å². The maximum Gasteiger partial charge on any atom is 0.331 e. The van der Waals surface area contributed by atoms with Gasteiger partial charge in [0, 0.05) is 12.0 Å². The van der Waals surface area contributed by atoms with Gasteiger partial charge in [0.2, 0.25) is 0 Å². The van der Waals surface area contributed by atoms with Gasteiger partial charge in [-0.1, -0.05) is 60.7 Å². The van der Waals surface area contributed by atoms with Crippen molar-refractivity contribution >= 4 is 11.8 Å². The fraction of sp³-hybridized carbons (Fsp3) is 0.261. The summed E-state index contributed by atoms with van der Waals surface area (Å²) in [4.78, 5) is 25.3. The number of nitrogens with zero attached hydrogens (tertiary/aromatic N) is 1. The lowest BCUT2D eigenvalue weighted by molar-refractivity contribution is -0.161. The molecule has 0 heterocycles. The minimum Gasteiger partial charge on any atom is -0.459 e. The van der Waals surface area contributed by atoms with Gasteiger partial charge in [-0.3, -0.25) is 4.79 Å². The van der Waals surface area contributed by atoms with Gasteiger partial charge in [-0.25, -0.2) is 4.79 Å². The summed E-state index contributed by atoms with van der Waals surface area (Å²) in [5.74, 6) is -0.940. The molecule has 0 radical (unpaired) electrons. The standard InChI is InChI=1S/C23H23NO3/c1-22(2,3)27-21(26)23(17-24,16-18-10-6-4-7-11-18)15-14-20(25)19-12-8-5-9-13-19/h4-15H,16H2,1-3H3/b15-14-/t23-/m0/s1. The summed E-state index contributed by atoms with van der Waals surface area (Å²) in [6.07, 6.45) is 2.77. The molecule has 0 aromatic heterocycles. The van der Waals surface area contributed by atoms with Crippen molar-refractivity contribution in [2.75, 3.05) is 0 Å². The maximum absolute atomic E-state index is 12.9. The van der Waals surface area contributed by atoms with Gasteiger partial charge in [-0.05, 0) is 38.5 Å². The summed E-state index contributed by atoms with van der Waals surface area (Å²) in [5, 5.41) is 9.88. The second-order valence-corrected chi connectivity index (χ2v) is 7.31. The van der Waals surface area contributed by atoms with Gasteiger partial charge >= 0.3 is 5.97 Å². The predicted molar refractivity (Wildman–Crippen MR) is 104 cm³/mol. The molecular formula is C23H23NO3. The van der Waals surface area contributed by atoms with E-state index in [4.69, 9.17) is 4.74 Å². The lowest BCUT2D eigenvalue weighted by Gasteiger charge is -2.27. The summed E-state index contributed by atoms with van der Waals surface area (Å²) >= 11 is 0. The van der Waals surface area contributed by atoms with Gasteiger partial charge in [0.15, 0.2) is 11.2 Å². The van der Waals surface area contributed by atoms with Crippen LogP contribution in [0.2, 0.25) is 0 Å². The topological polar surface area (TPSA) is 67.2 Å². The van der Waals surface area contributed by atoms with E-state index in [0.29, 0.717) is 5.56 Å². The Hall–Kier alpha value is -3.19. The number of esters is 1. The van der Waals surface area contributed by atoms with Crippen LogP contribution < -0.4 is 0 Å². The molecular weight excluding hydrogens is 338 g/mol. The minimum atomic E-state index is -1.58. The first kappa shape index (κ1) is 20.1. The molecule has 1 atom stereocenters. The number of carbonyl (C=O) groups excluding carboxylic acids is 2. The number of hydrogen-bond acceptors (Lipinski definition) is 4. The Kier molecular flexibility index (Phi) is 6.31. The first-order chi connectivity index (χ1) is 12.8. The van der Waals surface area contributed by atoms with E-state index in [0.717, 1.165) is 5.56 Å². The summed E-state index contributed by atoms with van der Waals surface area (Å²) in [7, 11) is 0. The molecule has 0 aliphatic carbocycles. The van der Waals surface area contributed by atoms with Crippen LogP contribution in [0.5, 0.6) is 0 Å². The van der Waals surface area contributed by atoms with Crippen LogP contribution in [-0.4, -0.2) is 17.4 Å². The highest BCUT2D eigenvalue weighted by Crippen LogP contribution is 2.29. The van der Waals surface area contributed by atoms with Gasteiger partial charge in [0.1, 0.15) is 5.60 Å². The second kappa shape index (κ2) is 8.46. The maximum atomic E-state index is 12.9. The first-order valence-corrected chi connectivity index (χ1v) is 8.73. The molecule has 2 aromatic rings. The van der Waals surface area contributed by atoms with Gasteiger partial charge in [0.25, 0.3) is 0 Å². The summed E-state index contributed by atoms with van der Waals surface area (Å²) in [6.45, 7) is 5.23. The third kappa shape index (κ3) is 5.65. The third-order valence-electron chi connectivity index (χ3n) is 3.87. The summed E-state index contributed by atoms with van der Waals surface area (Å²) in [6, 6.07) is 20.0. The molecule has 138 valence electrons. The number of ketones is 1. The van der Waals surface area contributed by atoms with Crippen molar-refractivity contribution in [1.82, 2.24) is 0 Å². The number of nitriles is 1. The van der Waals surface area contributed by atoms with Gasteiger partial charge in [0.05, 0.1) is 6.07 Å². The largest absolute Gasteiger partial charge is 0.459 e. The van der Waals surface area contributed by atoms with Gasteiger partial charge < -0.3 is 4.74 Å². The highest BCUT2D eigenvalue weighted by molar-refractivity contribution is 6.05.